The number of nitrogens with one attached hydrogen (secondary N) is 1. The molecule has 0 aliphatic heterocycles. The van der Waals surface area contributed by atoms with E-state index in [2.05, 4.69) is 31.4 Å². The normalized spacial score (nSPS) is 37.1. The average molecular weight is 167 g/mol. The van der Waals surface area contributed by atoms with E-state index < -0.39 is 0 Å². The van der Waals surface area contributed by atoms with Crippen LogP contribution in [-0.2, 0) is 0 Å². The lowest BCUT2D eigenvalue weighted by atomic mass is 9.72. The Morgan fingerprint density at radius 1 is 1.33 bits per heavy atom. The molecule has 0 atom stereocenters. The molecule has 12 heavy (non-hydrogen) atoms. The molecule has 1 rings (SSSR count). The summed E-state index contributed by atoms with van der Waals surface area (Å²) in [4.78, 5) is 0. The van der Waals surface area contributed by atoms with Crippen molar-refractivity contribution in [3.8, 4) is 0 Å². The van der Waals surface area contributed by atoms with Gasteiger partial charge < -0.3 is 5.32 Å². The Labute approximate surface area is 76.2 Å². The van der Waals surface area contributed by atoms with Gasteiger partial charge in [-0.05, 0) is 43.2 Å². The average Bonchev–Trinajstić information content (AvgIpc) is 2.08. The summed E-state index contributed by atoms with van der Waals surface area (Å²) in [5.74, 6) is 0.945. The second kappa shape index (κ2) is 3.97. The van der Waals surface area contributed by atoms with E-state index in [1.54, 1.807) is 0 Å². The van der Waals surface area contributed by atoms with Crippen molar-refractivity contribution in [2.45, 2.75) is 39.5 Å². The molecule has 0 bridgehead atoms. The van der Waals surface area contributed by atoms with Crippen molar-refractivity contribution in [1.29, 1.82) is 0 Å². The maximum absolute atomic E-state index is 3.07. The van der Waals surface area contributed by atoms with E-state index in [0.29, 0.717) is 5.41 Å². The van der Waals surface area contributed by atoms with E-state index in [1.165, 1.54) is 25.7 Å². The predicted octanol–water partition coefficient (Wildman–Crippen LogP) is 2.94. The second-order valence-corrected chi connectivity index (χ2v) is 4.46. The molecule has 1 nitrogen and oxygen atoms in total. The third kappa shape index (κ3) is 2.54. The van der Waals surface area contributed by atoms with Crippen LogP contribution in [-0.4, -0.2) is 7.05 Å². The summed E-state index contributed by atoms with van der Waals surface area (Å²) < 4.78 is 0. The van der Waals surface area contributed by atoms with Gasteiger partial charge in [-0.15, -0.1) is 0 Å². The molecule has 0 spiro atoms. The molecule has 1 aliphatic rings. The van der Waals surface area contributed by atoms with Crippen LogP contribution >= 0.6 is 0 Å². The number of allylic oxidation sites excluding steroid dienone is 1. The van der Waals surface area contributed by atoms with E-state index in [4.69, 9.17) is 0 Å². The van der Waals surface area contributed by atoms with E-state index in [-0.39, 0.29) is 0 Å². The number of hydrogen-bond acceptors (Lipinski definition) is 1. The molecule has 1 saturated carbocycles. The molecule has 1 N–H and O–H groups in total. The highest BCUT2D eigenvalue weighted by Crippen LogP contribution is 2.39. The van der Waals surface area contributed by atoms with Gasteiger partial charge in [-0.1, -0.05) is 19.9 Å². The third-order valence-corrected chi connectivity index (χ3v) is 3.07. The van der Waals surface area contributed by atoms with Gasteiger partial charge in [-0.3, -0.25) is 0 Å². The highest BCUT2D eigenvalue weighted by atomic mass is 14.8. The first-order valence-electron chi connectivity index (χ1n) is 5.01. The summed E-state index contributed by atoms with van der Waals surface area (Å²) in [6.45, 7) is 4.73. The smallest absolute Gasteiger partial charge is 0.00276 e. The van der Waals surface area contributed by atoms with Crippen molar-refractivity contribution in [3.05, 3.63) is 12.3 Å². The van der Waals surface area contributed by atoms with E-state index in [9.17, 15) is 0 Å². The molecular formula is C11H21N. The molecule has 1 aliphatic carbocycles. The zero-order valence-electron chi connectivity index (χ0n) is 8.56. The molecule has 0 unspecified atom stereocenters. The van der Waals surface area contributed by atoms with Crippen LogP contribution in [0.2, 0.25) is 0 Å². The van der Waals surface area contributed by atoms with Crippen molar-refractivity contribution >= 4 is 0 Å². The minimum atomic E-state index is 0.468. The summed E-state index contributed by atoms with van der Waals surface area (Å²) in [6.07, 6.45) is 9.91. The van der Waals surface area contributed by atoms with Crippen molar-refractivity contribution in [2.75, 3.05) is 7.05 Å². The summed E-state index contributed by atoms with van der Waals surface area (Å²) in [7, 11) is 1.96. The lowest BCUT2D eigenvalue weighted by molar-refractivity contribution is 0.233. The maximum atomic E-state index is 3.07. The van der Waals surface area contributed by atoms with Crippen molar-refractivity contribution in [1.82, 2.24) is 5.32 Å². The van der Waals surface area contributed by atoms with Crippen LogP contribution in [0.25, 0.3) is 0 Å². The number of rotatable bonds is 2. The molecule has 0 amide bonds. The zero-order valence-corrected chi connectivity index (χ0v) is 8.56. The molecule has 0 saturated heterocycles. The van der Waals surface area contributed by atoms with Gasteiger partial charge in [0.1, 0.15) is 0 Å². The van der Waals surface area contributed by atoms with Crippen LogP contribution in [0, 0.1) is 11.3 Å². The molecule has 0 aromatic rings. The third-order valence-electron chi connectivity index (χ3n) is 3.07. The van der Waals surface area contributed by atoms with Crippen LogP contribution in [0.15, 0.2) is 12.3 Å². The summed E-state index contributed by atoms with van der Waals surface area (Å²) >= 11 is 0. The molecule has 0 aromatic heterocycles. The Bertz CT molecular complexity index is 152. The molecule has 0 aromatic carbocycles. The predicted molar refractivity (Wildman–Crippen MR) is 53.9 cm³/mol. The molecule has 70 valence electrons. The monoisotopic (exact) mass is 167 g/mol. The summed E-state index contributed by atoms with van der Waals surface area (Å²) in [5.41, 5.74) is 0.468. The van der Waals surface area contributed by atoms with Gasteiger partial charge in [0.2, 0.25) is 0 Å². The fourth-order valence-corrected chi connectivity index (χ4v) is 1.87. The highest BCUT2D eigenvalue weighted by Gasteiger charge is 2.26. The van der Waals surface area contributed by atoms with Crippen LogP contribution in [0.3, 0.4) is 0 Å². The fraction of sp³-hybridized carbons (Fsp3) is 0.818. The minimum absolute atomic E-state index is 0.468. The molecule has 1 fully saturated rings. The molecule has 0 heterocycles. The Balaban J connectivity index is 2.44. The van der Waals surface area contributed by atoms with E-state index >= 15 is 0 Å². The van der Waals surface area contributed by atoms with Gasteiger partial charge in [0.25, 0.3) is 0 Å². The van der Waals surface area contributed by atoms with Crippen LogP contribution in [0.1, 0.15) is 39.5 Å². The zero-order chi connectivity index (χ0) is 9.03. The second-order valence-electron chi connectivity index (χ2n) is 4.46. The van der Waals surface area contributed by atoms with Gasteiger partial charge in [-0.2, -0.15) is 0 Å². The van der Waals surface area contributed by atoms with Crippen molar-refractivity contribution < 1.29 is 0 Å². The van der Waals surface area contributed by atoms with Crippen molar-refractivity contribution in [2.24, 2.45) is 11.3 Å². The van der Waals surface area contributed by atoms with Gasteiger partial charge in [0.05, 0.1) is 0 Å². The van der Waals surface area contributed by atoms with Gasteiger partial charge in [0, 0.05) is 7.05 Å². The Morgan fingerprint density at radius 2 is 1.92 bits per heavy atom. The number of hydrogen-bond donors (Lipinski definition) is 1. The first kappa shape index (κ1) is 9.63. The SMILES string of the molecule is CN/C=C/C1(C)CCC(C)CC1. The summed E-state index contributed by atoms with van der Waals surface area (Å²) in [6, 6.07) is 0. The van der Waals surface area contributed by atoms with Crippen molar-refractivity contribution in [3.63, 3.8) is 0 Å². The van der Waals surface area contributed by atoms with Gasteiger partial charge >= 0.3 is 0 Å². The Morgan fingerprint density at radius 3 is 2.42 bits per heavy atom. The molecular weight excluding hydrogens is 146 g/mol. The lowest BCUT2D eigenvalue weighted by Gasteiger charge is -2.33. The lowest BCUT2D eigenvalue weighted by Crippen LogP contribution is -2.21. The van der Waals surface area contributed by atoms with Crippen LogP contribution in [0.5, 0.6) is 0 Å². The first-order valence-corrected chi connectivity index (χ1v) is 5.01. The fourth-order valence-electron chi connectivity index (χ4n) is 1.87. The van der Waals surface area contributed by atoms with Gasteiger partial charge in [0.15, 0.2) is 0 Å². The Hall–Kier alpha value is -0.460. The molecule has 0 radical (unpaired) electrons. The van der Waals surface area contributed by atoms with Gasteiger partial charge in [-0.25, -0.2) is 0 Å². The Kier molecular flexibility index (Phi) is 3.19. The first-order chi connectivity index (χ1) is 5.66. The van der Waals surface area contributed by atoms with E-state index in [0.717, 1.165) is 5.92 Å². The van der Waals surface area contributed by atoms with E-state index in [1.807, 2.05) is 7.05 Å². The maximum Gasteiger partial charge on any atom is 0.00276 e. The standard InChI is InChI=1S/C11H21N/c1-10-4-6-11(2,7-5-10)8-9-12-3/h8-10,12H,4-7H2,1-3H3/b9-8+. The summed E-state index contributed by atoms with van der Waals surface area (Å²) in [5, 5.41) is 3.07. The molecule has 1 heteroatoms. The largest absolute Gasteiger partial charge is 0.394 e. The van der Waals surface area contributed by atoms with Crippen LogP contribution < -0.4 is 5.32 Å². The topological polar surface area (TPSA) is 12.0 Å². The highest BCUT2D eigenvalue weighted by molar-refractivity contribution is 4.98. The quantitative estimate of drug-likeness (QED) is 0.666. The van der Waals surface area contributed by atoms with Crippen LogP contribution in [0.4, 0.5) is 0 Å². The minimum Gasteiger partial charge on any atom is -0.394 e.